The molecule has 0 bridgehead atoms. The van der Waals surface area contributed by atoms with Crippen molar-refractivity contribution in [3.05, 3.63) is 0 Å². The number of rotatable bonds is 3. The molecule has 1 nitrogen and oxygen atoms in total. The highest BCUT2D eigenvalue weighted by atomic mass is 79.9. The van der Waals surface area contributed by atoms with E-state index in [4.69, 9.17) is 0 Å². The van der Waals surface area contributed by atoms with E-state index in [1.54, 1.807) is 0 Å². The summed E-state index contributed by atoms with van der Waals surface area (Å²) < 4.78 is 0. The van der Waals surface area contributed by atoms with Crippen LogP contribution in [0.5, 0.6) is 0 Å². The van der Waals surface area contributed by atoms with Gasteiger partial charge in [0.25, 0.3) is 0 Å². The fourth-order valence-corrected chi connectivity index (χ4v) is 4.58. The van der Waals surface area contributed by atoms with Gasteiger partial charge in [0.1, 0.15) is 0 Å². The Balaban J connectivity index is 1.99. The van der Waals surface area contributed by atoms with Crippen molar-refractivity contribution in [1.29, 1.82) is 0 Å². The van der Waals surface area contributed by atoms with Gasteiger partial charge in [0, 0.05) is 24.5 Å². The average molecular weight is 316 g/mol. The molecule has 2 atom stereocenters. The van der Waals surface area contributed by atoms with Crippen molar-refractivity contribution in [3.63, 3.8) is 0 Å². The second kappa shape index (κ2) is 6.74. The number of hydrogen-bond donors (Lipinski definition) is 0. The van der Waals surface area contributed by atoms with Gasteiger partial charge in [-0.15, -0.1) is 0 Å². The molecule has 2 unspecified atom stereocenters. The summed E-state index contributed by atoms with van der Waals surface area (Å²) in [7, 11) is 0. The van der Waals surface area contributed by atoms with Crippen LogP contribution in [0, 0.1) is 11.3 Å². The van der Waals surface area contributed by atoms with Gasteiger partial charge in [-0.3, -0.25) is 4.90 Å². The third-order valence-corrected chi connectivity index (χ3v) is 6.42. The molecule has 0 aromatic heterocycles. The van der Waals surface area contributed by atoms with Crippen molar-refractivity contribution < 1.29 is 0 Å². The lowest BCUT2D eigenvalue weighted by Gasteiger charge is -2.43. The lowest BCUT2D eigenvalue weighted by molar-refractivity contribution is 0.0687. The van der Waals surface area contributed by atoms with Gasteiger partial charge >= 0.3 is 0 Å². The van der Waals surface area contributed by atoms with E-state index in [0.29, 0.717) is 5.41 Å². The molecule has 2 fully saturated rings. The first kappa shape index (κ1) is 14.8. The Hall–Kier alpha value is 0.440. The number of nitrogens with zero attached hydrogens (tertiary/aromatic N) is 1. The summed E-state index contributed by atoms with van der Waals surface area (Å²) in [5, 5.41) is 1.21. The summed E-state index contributed by atoms with van der Waals surface area (Å²) in [5.74, 6) is 0.902. The topological polar surface area (TPSA) is 3.24 Å². The zero-order chi connectivity index (χ0) is 13.0. The van der Waals surface area contributed by atoms with Crippen LogP contribution in [-0.4, -0.2) is 29.4 Å². The third kappa shape index (κ3) is 3.72. The molecule has 2 rings (SSSR count). The van der Waals surface area contributed by atoms with Crippen LogP contribution in [0.1, 0.15) is 65.2 Å². The van der Waals surface area contributed by atoms with E-state index < -0.39 is 0 Å². The normalized spacial score (nSPS) is 34.2. The van der Waals surface area contributed by atoms with Gasteiger partial charge in [-0.05, 0) is 43.9 Å². The van der Waals surface area contributed by atoms with E-state index in [2.05, 4.69) is 34.7 Å². The number of halogens is 1. The molecule has 0 N–H and O–H groups in total. The number of likely N-dealkylation sites (tertiary alicyclic amines) is 1. The highest BCUT2D eigenvalue weighted by molar-refractivity contribution is 9.09. The maximum atomic E-state index is 3.84. The quantitative estimate of drug-likeness (QED) is 0.532. The molecule has 106 valence electrons. The molecule has 0 spiro atoms. The van der Waals surface area contributed by atoms with E-state index in [9.17, 15) is 0 Å². The van der Waals surface area contributed by atoms with Crippen molar-refractivity contribution >= 4 is 15.9 Å². The SMILES string of the molecule is CC1CCC(C)N(CC2(CBr)CCCCCC2)C1. The van der Waals surface area contributed by atoms with E-state index in [1.165, 1.54) is 69.8 Å². The van der Waals surface area contributed by atoms with Crippen LogP contribution in [0.25, 0.3) is 0 Å². The van der Waals surface area contributed by atoms with Crippen molar-refractivity contribution in [1.82, 2.24) is 4.90 Å². The summed E-state index contributed by atoms with van der Waals surface area (Å²) in [5.41, 5.74) is 0.571. The highest BCUT2D eigenvalue weighted by Gasteiger charge is 2.34. The Labute approximate surface area is 122 Å². The van der Waals surface area contributed by atoms with Crippen LogP contribution in [0.2, 0.25) is 0 Å². The molecular formula is C16H30BrN. The molecule has 1 saturated carbocycles. The van der Waals surface area contributed by atoms with Gasteiger partial charge < -0.3 is 0 Å². The summed E-state index contributed by atoms with van der Waals surface area (Å²) in [6, 6.07) is 0.806. The maximum Gasteiger partial charge on any atom is 0.0100 e. The minimum Gasteiger partial charge on any atom is -0.300 e. The first-order valence-corrected chi connectivity index (χ1v) is 9.07. The molecule has 1 saturated heterocycles. The maximum absolute atomic E-state index is 3.84. The first-order chi connectivity index (χ1) is 8.65. The van der Waals surface area contributed by atoms with Gasteiger partial charge in [-0.25, -0.2) is 0 Å². The average Bonchev–Trinajstić information content (AvgIpc) is 2.60. The standard InChI is InChI=1S/C16H30BrN/c1-14-7-8-15(2)18(11-14)13-16(12-17)9-5-3-4-6-10-16/h14-15H,3-13H2,1-2H3. The lowest BCUT2D eigenvalue weighted by Crippen LogP contribution is -2.47. The Bertz CT molecular complexity index is 245. The molecule has 2 heteroatoms. The fraction of sp³-hybridized carbons (Fsp3) is 1.00. The minimum absolute atomic E-state index is 0.571. The molecule has 1 heterocycles. The molecule has 0 radical (unpaired) electrons. The minimum atomic E-state index is 0.571. The number of piperidine rings is 1. The molecule has 0 amide bonds. The lowest BCUT2D eigenvalue weighted by atomic mass is 9.80. The van der Waals surface area contributed by atoms with E-state index in [1.807, 2.05) is 0 Å². The van der Waals surface area contributed by atoms with Gasteiger partial charge in [0.15, 0.2) is 0 Å². The molecule has 18 heavy (non-hydrogen) atoms. The molecule has 1 aliphatic heterocycles. The Kier molecular flexibility index (Phi) is 5.56. The second-order valence-electron chi connectivity index (χ2n) is 7.01. The Morgan fingerprint density at radius 3 is 2.33 bits per heavy atom. The van der Waals surface area contributed by atoms with Crippen molar-refractivity contribution in [2.45, 2.75) is 71.3 Å². The van der Waals surface area contributed by atoms with Crippen LogP contribution in [-0.2, 0) is 0 Å². The van der Waals surface area contributed by atoms with Crippen LogP contribution >= 0.6 is 15.9 Å². The summed E-state index contributed by atoms with van der Waals surface area (Å²) in [6.07, 6.45) is 11.5. The van der Waals surface area contributed by atoms with E-state index in [0.717, 1.165) is 12.0 Å². The molecular weight excluding hydrogens is 286 g/mol. The molecule has 1 aliphatic carbocycles. The van der Waals surface area contributed by atoms with E-state index >= 15 is 0 Å². The Morgan fingerprint density at radius 1 is 1.06 bits per heavy atom. The second-order valence-corrected chi connectivity index (χ2v) is 7.57. The van der Waals surface area contributed by atoms with Crippen LogP contribution < -0.4 is 0 Å². The molecule has 2 aliphatic rings. The smallest absolute Gasteiger partial charge is 0.0100 e. The first-order valence-electron chi connectivity index (χ1n) is 7.95. The third-order valence-electron chi connectivity index (χ3n) is 5.23. The monoisotopic (exact) mass is 315 g/mol. The van der Waals surface area contributed by atoms with Gasteiger partial charge in [-0.2, -0.15) is 0 Å². The molecule has 0 aromatic rings. The van der Waals surface area contributed by atoms with Gasteiger partial charge in [0.05, 0.1) is 0 Å². The predicted octanol–water partition coefficient (Wildman–Crippen LogP) is 4.84. The molecule has 0 aromatic carbocycles. The predicted molar refractivity (Wildman–Crippen MR) is 83.4 cm³/mol. The van der Waals surface area contributed by atoms with Crippen molar-refractivity contribution in [2.24, 2.45) is 11.3 Å². The van der Waals surface area contributed by atoms with Crippen molar-refractivity contribution in [2.75, 3.05) is 18.4 Å². The summed E-state index contributed by atoms with van der Waals surface area (Å²) in [4.78, 5) is 2.79. The summed E-state index contributed by atoms with van der Waals surface area (Å²) in [6.45, 7) is 7.52. The van der Waals surface area contributed by atoms with Crippen LogP contribution in [0.15, 0.2) is 0 Å². The Morgan fingerprint density at radius 2 is 1.72 bits per heavy atom. The fourth-order valence-electron chi connectivity index (χ4n) is 3.84. The zero-order valence-electron chi connectivity index (χ0n) is 12.3. The largest absolute Gasteiger partial charge is 0.300 e. The van der Waals surface area contributed by atoms with Gasteiger partial charge in [-0.1, -0.05) is 48.5 Å². The number of hydrogen-bond acceptors (Lipinski definition) is 1. The number of alkyl halides is 1. The van der Waals surface area contributed by atoms with Crippen LogP contribution in [0.3, 0.4) is 0 Å². The van der Waals surface area contributed by atoms with Crippen LogP contribution in [0.4, 0.5) is 0 Å². The van der Waals surface area contributed by atoms with E-state index in [-0.39, 0.29) is 0 Å². The summed E-state index contributed by atoms with van der Waals surface area (Å²) >= 11 is 3.84. The highest BCUT2D eigenvalue weighted by Crippen LogP contribution is 2.39. The zero-order valence-corrected chi connectivity index (χ0v) is 13.8. The van der Waals surface area contributed by atoms with Gasteiger partial charge in [0.2, 0.25) is 0 Å². The van der Waals surface area contributed by atoms with Crippen molar-refractivity contribution in [3.8, 4) is 0 Å².